The number of halogens is 1. The Hall–Kier alpha value is -3.30. The van der Waals surface area contributed by atoms with Crippen LogP contribution >= 0.6 is 0 Å². The van der Waals surface area contributed by atoms with Crippen molar-refractivity contribution < 1.29 is 12.8 Å². The fourth-order valence-electron chi connectivity index (χ4n) is 3.04. The summed E-state index contributed by atoms with van der Waals surface area (Å²) >= 11 is 0. The predicted octanol–water partition coefficient (Wildman–Crippen LogP) is 3.84. The molecule has 0 bridgehead atoms. The first-order valence-electron chi connectivity index (χ1n) is 9.17. The molecular weight excluding hydrogens is 405 g/mol. The van der Waals surface area contributed by atoms with Gasteiger partial charge in [0, 0.05) is 37.5 Å². The van der Waals surface area contributed by atoms with E-state index in [1.807, 2.05) is 13.0 Å². The zero-order valence-corrected chi connectivity index (χ0v) is 17.5. The van der Waals surface area contributed by atoms with Crippen LogP contribution in [0, 0.1) is 12.7 Å². The Bertz CT molecular complexity index is 1330. The van der Waals surface area contributed by atoms with Crippen molar-refractivity contribution in [1.82, 2.24) is 18.9 Å². The smallest absolute Gasteiger partial charge is 0.242 e. The van der Waals surface area contributed by atoms with Crippen molar-refractivity contribution in [2.75, 3.05) is 19.4 Å². The van der Waals surface area contributed by atoms with E-state index in [-0.39, 0.29) is 10.7 Å². The molecule has 4 aromatic rings. The highest BCUT2D eigenvalue weighted by Crippen LogP contribution is 2.26. The zero-order chi connectivity index (χ0) is 21.5. The molecule has 0 aliphatic carbocycles. The topological polar surface area (TPSA) is 79.6 Å². The van der Waals surface area contributed by atoms with E-state index in [1.54, 1.807) is 34.8 Å². The highest BCUT2D eigenvalue weighted by atomic mass is 32.2. The summed E-state index contributed by atoms with van der Waals surface area (Å²) in [5.41, 5.74) is 3.32. The molecule has 0 spiro atoms. The van der Waals surface area contributed by atoms with Gasteiger partial charge in [-0.1, -0.05) is 12.1 Å². The summed E-state index contributed by atoms with van der Waals surface area (Å²) in [7, 11) is -0.524. The Morgan fingerprint density at radius 1 is 1.03 bits per heavy atom. The molecule has 0 saturated heterocycles. The number of nitrogens with one attached hydrogen (secondary N) is 1. The molecule has 30 heavy (non-hydrogen) atoms. The van der Waals surface area contributed by atoms with Crippen molar-refractivity contribution >= 4 is 27.2 Å². The number of benzene rings is 2. The maximum absolute atomic E-state index is 13.7. The molecule has 0 atom stereocenters. The first-order valence-corrected chi connectivity index (χ1v) is 10.6. The third kappa shape index (κ3) is 3.77. The van der Waals surface area contributed by atoms with E-state index < -0.39 is 10.0 Å². The van der Waals surface area contributed by atoms with E-state index in [9.17, 15) is 12.8 Å². The van der Waals surface area contributed by atoms with Gasteiger partial charge in [0.25, 0.3) is 0 Å². The SMILES string of the molecule is Cc1cc2nc(-c3cccc(F)c3)cc(Nc3ccc(S(=O)(=O)N(C)C)cc3)n2n1. The molecule has 2 heterocycles. The highest BCUT2D eigenvalue weighted by Gasteiger charge is 2.17. The highest BCUT2D eigenvalue weighted by molar-refractivity contribution is 7.89. The lowest BCUT2D eigenvalue weighted by Gasteiger charge is -2.13. The van der Waals surface area contributed by atoms with Crippen molar-refractivity contribution in [1.29, 1.82) is 0 Å². The number of aryl methyl sites for hydroxylation is 1. The molecule has 0 unspecified atom stereocenters. The van der Waals surface area contributed by atoms with Gasteiger partial charge in [-0.05, 0) is 43.3 Å². The van der Waals surface area contributed by atoms with Gasteiger partial charge >= 0.3 is 0 Å². The van der Waals surface area contributed by atoms with Crippen molar-refractivity contribution in [2.24, 2.45) is 0 Å². The first-order chi connectivity index (χ1) is 14.2. The molecule has 0 aliphatic rings. The molecule has 1 N–H and O–H groups in total. The molecule has 0 fully saturated rings. The van der Waals surface area contributed by atoms with E-state index in [0.29, 0.717) is 28.4 Å². The lowest BCUT2D eigenvalue weighted by atomic mass is 10.1. The number of nitrogens with zero attached hydrogens (tertiary/aromatic N) is 4. The van der Waals surface area contributed by atoms with Crippen molar-refractivity contribution in [3.63, 3.8) is 0 Å². The molecule has 9 heteroatoms. The second kappa shape index (κ2) is 7.51. The first kappa shape index (κ1) is 20.0. The molecule has 4 rings (SSSR count). The second-order valence-electron chi connectivity index (χ2n) is 7.03. The minimum absolute atomic E-state index is 0.202. The monoisotopic (exact) mass is 425 g/mol. The quantitative estimate of drug-likeness (QED) is 0.526. The van der Waals surface area contributed by atoms with Crippen molar-refractivity contribution in [2.45, 2.75) is 11.8 Å². The third-order valence-electron chi connectivity index (χ3n) is 4.58. The number of aromatic nitrogens is 3. The fourth-order valence-corrected chi connectivity index (χ4v) is 3.94. The summed E-state index contributed by atoms with van der Waals surface area (Å²) in [4.78, 5) is 4.79. The van der Waals surface area contributed by atoms with Crippen LogP contribution < -0.4 is 5.32 Å². The molecule has 0 radical (unpaired) electrons. The number of sulfonamides is 1. The van der Waals surface area contributed by atoms with Gasteiger partial charge in [0.2, 0.25) is 10.0 Å². The molecule has 154 valence electrons. The summed E-state index contributed by atoms with van der Waals surface area (Å²) in [5, 5.41) is 7.71. The fraction of sp³-hybridized carbons (Fsp3) is 0.143. The molecule has 0 amide bonds. The predicted molar refractivity (Wildman–Crippen MR) is 114 cm³/mol. The summed E-state index contributed by atoms with van der Waals surface area (Å²) in [6, 6.07) is 16.3. The largest absolute Gasteiger partial charge is 0.340 e. The van der Waals surface area contributed by atoms with E-state index in [2.05, 4.69) is 15.4 Å². The zero-order valence-electron chi connectivity index (χ0n) is 16.7. The van der Waals surface area contributed by atoms with Crippen LogP contribution in [0.4, 0.5) is 15.9 Å². The molecule has 0 saturated carbocycles. The minimum Gasteiger partial charge on any atom is -0.340 e. The number of rotatable bonds is 5. The Kier molecular flexibility index (Phi) is 5.00. The van der Waals surface area contributed by atoms with Crippen LogP contribution in [-0.4, -0.2) is 41.4 Å². The van der Waals surface area contributed by atoms with Gasteiger partial charge in [0.15, 0.2) is 5.65 Å². The molecule has 2 aromatic carbocycles. The summed E-state index contributed by atoms with van der Waals surface area (Å²) in [6.07, 6.45) is 0. The number of fused-ring (bicyclic) bond motifs is 1. The summed E-state index contributed by atoms with van der Waals surface area (Å²) < 4.78 is 41.0. The van der Waals surface area contributed by atoms with Gasteiger partial charge in [0.1, 0.15) is 11.6 Å². The van der Waals surface area contributed by atoms with E-state index in [0.717, 1.165) is 5.69 Å². The van der Waals surface area contributed by atoms with Gasteiger partial charge in [-0.25, -0.2) is 22.1 Å². The Morgan fingerprint density at radius 3 is 2.43 bits per heavy atom. The number of anilines is 2. The van der Waals surface area contributed by atoms with Gasteiger partial charge in [-0.2, -0.15) is 9.61 Å². The molecular formula is C21H20FN5O2S. The minimum atomic E-state index is -3.50. The summed E-state index contributed by atoms with van der Waals surface area (Å²) in [6.45, 7) is 1.86. The van der Waals surface area contributed by atoms with Crippen LogP contribution in [0.15, 0.2) is 65.6 Å². The van der Waals surface area contributed by atoms with Gasteiger partial charge in [-0.3, -0.25) is 0 Å². The van der Waals surface area contributed by atoms with Gasteiger partial charge < -0.3 is 5.32 Å². The average molecular weight is 425 g/mol. The van der Waals surface area contributed by atoms with Crippen LogP contribution in [0.1, 0.15) is 5.69 Å². The number of hydrogen-bond acceptors (Lipinski definition) is 5. The van der Waals surface area contributed by atoms with E-state index >= 15 is 0 Å². The van der Waals surface area contributed by atoms with Gasteiger partial charge in [0.05, 0.1) is 16.3 Å². The molecule has 2 aromatic heterocycles. The number of hydrogen-bond donors (Lipinski definition) is 1. The molecule has 7 nitrogen and oxygen atoms in total. The maximum Gasteiger partial charge on any atom is 0.242 e. The van der Waals surface area contributed by atoms with Crippen LogP contribution in [0.25, 0.3) is 16.9 Å². The summed E-state index contributed by atoms with van der Waals surface area (Å²) in [5.74, 6) is 0.279. The van der Waals surface area contributed by atoms with E-state index in [1.165, 1.54) is 42.7 Å². The third-order valence-corrected chi connectivity index (χ3v) is 6.40. The average Bonchev–Trinajstić information content (AvgIpc) is 3.09. The van der Waals surface area contributed by atoms with Crippen LogP contribution in [0.5, 0.6) is 0 Å². The van der Waals surface area contributed by atoms with Gasteiger partial charge in [-0.15, -0.1) is 0 Å². The van der Waals surface area contributed by atoms with E-state index in [4.69, 9.17) is 0 Å². The standard InChI is InChI=1S/C21H20FN5O2S/c1-14-11-20-24-19(15-5-4-6-16(22)12-15)13-21(27(20)25-14)23-17-7-9-18(10-8-17)30(28,29)26(2)3/h4-13,23H,1-3H3. The Labute approximate surface area is 173 Å². The Morgan fingerprint density at radius 2 is 1.77 bits per heavy atom. The lowest BCUT2D eigenvalue weighted by molar-refractivity contribution is 0.521. The van der Waals surface area contributed by atoms with Crippen LogP contribution in [0.2, 0.25) is 0 Å². The normalized spacial score (nSPS) is 11.9. The van der Waals surface area contributed by atoms with Crippen molar-refractivity contribution in [3.8, 4) is 11.3 Å². The van der Waals surface area contributed by atoms with Crippen LogP contribution in [-0.2, 0) is 10.0 Å². The Balaban J connectivity index is 1.75. The lowest BCUT2D eigenvalue weighted by Crippen LogP contribution is -2.22. The second-order valence-corrected chi connectivity index (χ2v) is 9.18. The maximum atomic E-state index is 13.7. The van der Waals surface area contributed by atoms with Crippen molar-refractivity contribution in [3.05, 3.63) is 72.2 Å². The molecule has 0 aliphatic heterocycles. The van der Waals surface area contributed by atoms with Crippen LogP contribution in [0.3, 0.4) is 0 Å².